The van der Waals surface area contributed by atoms with E-state index in [1.807, 2.05) is 6.07 Å². The maximum atomic E-state index is 10.4. The van der Waals surface area contributed by atoms with E-state index in [-0.39, 0.29) is 6.42 Å². The molecular weight excluding hydrogens is 248 g/mol. The number of aliphatic carboxylic acids is 1. The summed E-state index contributed by atoms with van der Waals surface area (Å²) in [6.07, 6.45) is 1.37. The highest BCUT2D eigenvalue weighted by Gasteiger charge is 2.15. The Bertz CT molecular complexity index is 443. The van der Waals surface area contributed by atoms with Gasteiger partial charge in [0.1, 0.15) is 13.2 Å². The molecular formula is C14H18O5. The second kappa shape index (κ2) is 6.43. The molecule has 0 saturated heterocycles. The number of hydrogen-bond donors (Lipinski definition) is 2. The van der Waals surface area contributed by atoms with E-state index in [2.05, 4.69) is 0 Å². The Kier molecular flexibility index (Phi) is 4.63. The molecule has 0 fully saturated rings. The van der Waals surface area contributed by atoms with Gasteiger partial charge in [-0.05, 0) is 37.0 Å². The second-order valence-corrected chi connectivity index (χ2v) is 4.56. The predicted molar refractivity (Wildman–Crippen MR) is 68.5 cm³/mol. The molecule has 5 heteroatoms. The Labute approximate surface area is 111 Å². The lowest BCUT2D eigenvalue weighted by atomic mass is 10.0. The van der Waals surface area contributed by atoms with Crippen molar-refractivity contribution < 1.29 is 24.5 Å². The van der Waals surface area contributed by atoms with Crippen LogP contribution >= 0.6 is 0 Å². The minimum Gasteiger partial charge on any atom is -0.486 e. The maximum Gasteiger partial charge on any atom is 0.303 e. The molecule has 0 aliphatic carbocycles. The van der Waals surface area contributed by atoms with Crippen LogP contribution in [0.2, 0.25) is 0 Å². The monoisotopic (exact) mass is 266 g/mol. The summed E-state index contributed by atoms with van der Waals surface area (Å²) in [6, 6.07) is 5.40. The standard InChI is InChI=1S/C14H18O5/c15-11(3-1-2-4-14(16)17)10-5-6-12-13(9-10)19-8-7-18-12/h5-6,9,11,15H,1-4,7-8H2,(H,16,17). The number of aliphatic hydroxyl groups is 1. The first kappa shape index (κ1) is 13.7. The highest BCUT2D eigenvalue weighted by Crippen LogP contribution is 2.33. The highest BCUT2D eigenvalue weighted by molar-refractivity contribution is 5.66. The number of carboxylic acid groups (broad SMARTS) is 1. The van der Waals surface area contributed by atoms with Crippen molar-refractivity contribution in [2.45, 2.75) is 31.8 Å². The van der Waals surface area contributed by atoms with Crippen LogP contribution in [0, 0.1) is 0 Å². The van der Waals surface area contributed by atoms with E-state index in [0.29, 0.717) is 44.0 Å². The lowest BCUT2D eigenvalue weighted by Crippen LogP contribution is -2.15. The molecule has 1 aromatic carbocycles. The number of aliphatic hydroxyl groups excluding tert-OH is 1. The third kappa shape index (κ3) is 3.86. The highest BCUT2D eigenvalue weighted by atomic mass is 16.6. The molecule has 19 heavy (non-hydrogen) atoms. The van der Waals surface area contributed by atoms with Gasteiger partial charge in [-0.1, -0.05) is 6.07 Å². The lowest BCUT2D eigenvalue weighted by molar-refractivity contribution is -0.137. The van der Waals surface area contributed by atoms with Gasteiger partial charge in [-0.3, -0.25) is 4.79 Å². The molecule has 0 aromatic heterocycles. The molecule has 1 heterocycles. The molecule has 5 nitrogen and oxygen atoms in total. The fraction of sp³-hybridized carbons (Fsp3) is 0.500. The van der Waals surface area contributed by atoms with Crippen molar-refractivity contribution in [1.82, 2.24) is 0 Å². The van der Waals surface area contributed by atoms with Gasteiger partial charge < -0.3 is 19.7 Å². The number of ether oxygens (including phenoxy) is 2. The Balaban J connectivity index is 1.88. The molecule has 1 aromatic rings. The third-order valence-electron chi connectivity index (χ3n) is 3.07. The summed E-state index contributed by atoms with van der Waals surface area (Å²) >= 11 is 0. The van der Waals surface area contributed by atoms with Crippen molar-refractivity contribution in [3.63, 3.8) is 0 Å². The molecule has 1 aliphatic rings. The molecule has 0 bridgehead atoms. The molecule has 1 unspecified atom stereocenters. The quantitative estimate of drug-likeness (QED) is 0.771. The van der Waals surface area contributed by atoms with Crippen molar-refractivity contribution in [2.75, 3.05) is 13.2 Å². The van der Waals surface area contributed by atoms with Gasteiger partial charge in [0.15, 0.2) is 11.5 Å². The molecule has 0 spiro atoms. The summed E-state index contributed by atoms with van der Waals surface area (Å²) in [5.41, 5.74) is 0.777. The first-order chi connectivity index (χ1) is 9.16. The van der Waals surface area contributed by atoms with Crippen LogP contribution in [0.5, 0.6) is 11.5 Å². The predicted octanol–water partition coefficient (Wildman–Crippen LogP) is 2.14. The smallest absolute Gasteiger partial charge is 0.303 e. The van der Waals surface area contributed by atoms with Gasteiger partial charge in [-0.2, -0.15) is 0 Å². The zero-order chi connectivity index (χ0) is 13.7. The van der Waals surface area contributed by atoms with Crippen molar-refractivity contribution >= 4 is 5.97 Å². The average Bonchev–Trinajstić information content (AvgIpc) is 2.42. The van der Waals surface area contributed by atoms with Gasteiger partial charge in [0, 0.05) is 6.42 Å². The van der Waals surface area contributed by atoms with Crippen molar-refractivity contribution in [3.05, 3.63) is 23.8 Å². The zero-order valence-electron chi connectivity index (χ0n) is 10.7. The van der Waals surface area contributed by atoms with E-state index >= 15 is 0 Å². The average molecular weight is 266 g/mol. The van der Waals surface area contributed by atoms with Crippen LogP contribution in [-0.4, -0.2) is 29.4 Å². The minimum absolute atomic E-state index is 0.147. The molecule has 0 saturated carbocycles. The number of rotatable bonds is 6. The molecule has 2 N–H and O–H groups in total. The molecule has 1 atom stereocenters. The molecule has 0 radical (unpaired) electrons. The van der Waals surface area contributed by atoms with Crippen molar-refractivity contribution in [1.29, 1.82) is 0 Å². The zero-order valence-corrected chi connectivity index (χ0v) is 10.7. The molecule has 1 aliphatic heterocycles. The van der Waals surface area contributed by atoms with E-state index in [1.165, 1.54) is 0 Å². The molecule has 0 amide bonds. The summed E-state index contributed by atoms with van der Waals surface area (Å²) in [7, 11) is 0. The van der Waals surface area contributed by atoms with E-state index in [4.69, 9.17) is 14.6 Å². The van der Waals surface area contributed by atoms with E-state index in [1.54, 1.807) is 12.1 Å². The number of fused-ring (bicyclic) bond motifs is 1. The summed E-state index contributed by atoms with van der Waals surface area (Å²) in [5.74, 6) is 0.565. The number of benzene rings is 1. The van der Waals surface area contributed by atoms with E-state index < -0.39 is 12.1 Å². The SMILES string of the molecule is O=C(O)CCCCC(O)c1ccc2c(c1)OCCO2. The fourth-order valence-corrected chi connectivity index (χ4v) is 2.05. The first-order valence-corrected chi connectivity index (χ1v) is 6.46. The van der Waals surface area contributed by atoms with Crippen LogP contribution in [0.15, 0.2) is 18.2 Å². The Morgan fingerprint density at radius 3 is 2.68 bits per heavy atom. The van der Waals surface area contributed by atoms with E-state index in [0.717, 1.165) is 5.56 Å². The van der Waals surface area contributed by atoms with Crippen LogP contribution in [0.1, 0.15) is 37.4 Å². The minimum atomic E-state index is -0.797. The van der Waals surface area contributed by atoms with Gasteiger partial charge in [0.2, 0.25) is 0 Å². The van der Waals surface area contributed by atoms with Crippen molar-refractivity contribution in [2.24, 2.45) is 0 Å². The van der Waals surface area contributed by atoms with Crippen LogP contribution < -0.4 is 9.47 Å². The number of unbranched alkanes of at least 4 members (excludes halogenated alkanes) is 1. The largest absolute Gasteiger partial charge is 0.486 e. The van der Waals surface area contributed by atoms with E-state index in [9.17, 15) is 9.90 Å². The van der Waals surface area contributed by atoms with Gasteiger partial charge in [-0.15, -0.1) is 0 Å². The second-order valence-electron chi connectivity index (χ2n) is 4.56. The third-order valence-corrected chi connectivity index (χ3v) is 3.07. The summed E-state index contributed by atoms with van der Waals surface area (Å²) in [5, 5.41) is 18.6. The van der Waals surface area contributed by atoms with Gasteiger partial charge in [0.05, 0.1) is 6.10 Å². The summed E-state index contributed by atoms with van der Waals surface area (Å²) in [4.78, 5) is 10.4. The number of carboxylic acids is 1. The van der Waals surface area contributed by atoms with Crippen LogP contribution in [0.25, 0.3) is 0 Å². The molecule has 104 valence electrons. The van der Waals surface area contributed by atoms with Gasteiger partial charge >= 0.3 is 5.97 Å². The normalized spacial score (nSPS) is 15.0. The van der Waals surface area contributed by atoms with Gasteiger partial charge in [-0.25, -0.2) is 0 Å². The maximum absolute atomic E-state index is 10.4. The van der Waals surface area contributed by atoms with Crippen molar-refractivity contribution in [3.8, 4) is 11.5 Å². The summed E-state index contributed by atoms with van der Waals surface area (Å²) in [6.45, 7) is 1.06. The van der Waals surface area contributed by atoms with Crippen LogP contribution in [-0.2, 0) is 4.79 Å². The lowest BCUT2D eigenvalue weighted by Gasteiger charge is -2.20. The first-order valence-electron chi connectivity index (χ1n) is 6.46. The summed E-state index contributed by atoms with van der Waals surface area (Å²) < 4.78 is 10.9. The number of carbonyl (C=O) groups is 1. The number of hydrogen-bond acceptors (Lipinski definition) is 4. The Morgan fingerprint density at radius 1 is 1.21 bits per heavy atom. The fourth-order valence-electron chi connectivity index (χ4n) is 2.05. The van der Waals surface area contributed by atoms with Crippen LogP contribution in [0.4, 0.5) is 0 Å². The van der Waals surface area contributed by atoms with Gasteiger partial charge in [0.25, 0.3) is 0 Å². The Hall–Kier alpha value is -1.75. The Morgan fingerprint density at radius 2 is 1.95 bits per heavy atom. The van der Waals surface area contributed by atoms with Crippen LogP contribution in [0.3, 0.4) is 0 Å². The molecule has 2 rings (SSSR count). The topological polar surface area (TPSA) is 76.0 Å².